The molecule has 1 aromatic heterocycles. The molecule has 0 fully saturated rings. The van der Waals surface area contributed by atoms with Crippen molar-refractivity contribution in [3.05, 3.63) is 85.7 Å². The molecular weight excluding hydrogens is 385 g/mol. The highest BCUT2D eigenvalue weighted by Crippen LogP contribution is 2.29. The summed E-state index contributed by atoms with van der Waals surface area (Å²) in [4.78, 5) is 24.4. The van der Waals surface area contributed by atoms with Crippen LogP contribution in [-0.4, -0.2) is 15.7 Å². The van der Waals surface area contributed by atoms with Gasteiger partial charge in [0.2, 0.25) is 5.43 Å². The second-order valence-corrected chi connectivity index (χ2v) is 6.23. The van der Waals surface area contributed by atoms with Gasteiger partial charge in [0.25, 0.3) is 5.91 Å². The molecule has 25 heavy (non-hydrogen) atoms. The van der Waals surface area contributed by atoms with Crippen LogP contribution in [0.3, 0.4) is 0 Å². The zero-order chi connectivity index (χ0) is 18.0. The van der Waals surface area contributed by atoms with Gasteiger partial charge < -0.3 is 5.32 Å². The summed E-state index contributed by atoms with van der Waals surface area (Å²) >= 11 is 17.8. The molecule has 0 bridgehead atoms. The standard InChI is InChI=1S/C17H10Cl3N3O2/c18-10-4-6-11(7-5-10)23-9-8-14(24)16(22-23)17(25)21-13-3-1-2-12(19)15(13)20/h1-9H,(H,21,25). The molecule has 0 aliphatic rings. The number of hydrogen-bond donors (Lipinski definition) is 1. The monoisotopic (exact) mass is 393 g/mol. The Morgan fingerprint density at radius 3 is 2.44 bits per heavy atom. The van der Waals surface area contributed by atoms with Gasteiger partial charge in [0.05, 0.1) is 21.4 Å². The molecule has 0 saturated heterocycles. The van der Waals surface area contributed by atoms with Crippen LogP contribution in [-0.2, 0) is 0 Å². The fraction of sp³-hybridized carbons (Fsp3) is 0. The SMILES string of the molecule is O=C(Nc1cccc(Cl)c1Cl)c1nn(-c2ccc(Cl)cc2)ccc1=O. The number of nitrogens with one attached hydrogen (secondary N) is 1. The van der Waals surface area contributed by atoms with Crippen LogP contribution in [0.4, 0.5) is 5.69 Å². The Kier molecular flexibility index (Phi) is 5.08. The minimum Gasteiger partial charge on any atom is -0.319 e. The normalized spacial score (nSPS) is 10.5. The molecule has 0 aliphatic carbocycles. The van der Waals surface area contributed by atoms with Crippen molar-refractivity contribution in [2.24, 2.45) is 0 Å². The number of carbonyl (C=O) groups is 1. The minimum absolute atomic E-state index is 0.187. The molecular formula is C17H10Cl3N3O2. The van der Waals surface area contributed by atoms with Crippen LogP contribution in [0.15, 0.2) is 59.5 Å². The number of hydrogen-bond acceptors (Lipinski definition) is 3. The molecule has 0 atom stereocenters. The third kappa shape index (κ3) is 3.85. The average Bonchev–Trinajstić information content (AvgIpc) is 2.60. The number of nitrogens with zero attached hydrogens (tertiary/aromatic N) is 2. The number of rotatable bonds is 3. The maximum atomic E-state index is 12.4. The van der Waals surface area contributed by atoms with E-state index in [0.717, 1.165) is 0 Å². The van der Waals surface area contributed by atoms with Crippen LogP contribution in [0.5, 0.6) is 0 Å². The summed E-state index contributed by atoms with van der Waals surface area (Å²) in [5.41, 5.74) is 0.163. The van der Waals surface area contributed by atoms with Gasteiger partial charge in [0.15, 0.2) is 5.69 Å². The molecule has 2 aromatic carbocycles. The molecule has 5 nitrogen and oxygen atoms in total. The van der Waals surface area contributed by atoms with Crippen molar-refractivity contribution in [3.63, 3.8) is 0 Å². The van der Waals surface area contributed by atoms with Crippen LogP contribution in [0, 0.1) is 0 Å². The molecule has 3 aromatic rings. The Balaban J connectivity index is 1.95. The van der Waals surface area contributed by atoms with Crippen LogP contribution in [0.25, 0.3) is 5.69 Å². The first-order chi connectivity index (χ1) is 12.0. The summed E-state index contributed by atoms with van der Waals surface area (Å²) in [5, 5.41) is 7.68. The van der Waals surface area contributed by atoms with Crippen LogP contribution in [0.2, 0.25) is 15.1 Å². The summed E-state index contributed by atoms with van der Waals surface area (Å²) in [6.45, 7) is 0. The van der Waals surface area contributed by atoms with Gasteiger partial charge >= 0.3 is 0 Å². The molecule has 0 spiro atoms. The molecule has 0 saturated carbocycles. The molecule has 126 valence electrons. The van der Waals surface area contributed by atoms with Crippen LogP contribution in [0.1, 0.15) is 10.5 Å². The third-order valence-electron chi connectivity index (χ3n) is 3.31. The third-order valence-corrected chi connectivity index (χ3v) is 4.39. The molecule has 8 heteroatoms. The smallest absolute Gasteiger partial charge is 0.280 e. The van der Waals surface area contributed by atoms with Crippen molar-refractivity contribution in [2.75, 3.05) is 5.32 Å². The highest BCUT2D eigenvalue weighted by Gasteiger charge is 2.16. The van der Waals surface area contributed by atoms with Crippen LogP contribution >= 0.6 is 34.8 Å². The topological polar surface area (TPSA) is 64.0 Å². The summed E-state index contributed by atoms with van der Waals surface area (Å²) in [7, 11) is 0. The lowest BCUT2D eigenvalue weighted by molar-refractivity contribution is 0.101. The molecule has 1 N–H and O–H groups in total. The highest BCUT2D eigenvalue weighted by molar-refractivity contribution is 6.44. The van der Waals surface area contributed by atoms with Gasteiger partial charge in [-0.3, -0.25) is 9.59 Å². The van der Waals surface area contributed by atoms with E-state index in [9.17, 15) is 9.59 Å². The van der Waals surface area contributed by atoms with Crippen LogP contribution < -0.4 is 10.7 Å². The first kappa shape index (κ1) is 17.5. The molecule has 0 unspecified atom stereocenters. The van der Waals surface area contributed by atoms with Crippen molar-refractivity contribution < 1.29 is 4.79 Å². The second kappa shape index (κ2) is 7.27. The van der Waals surface area contributed by atoms with E-state index in [1.807, 2.05) is 0 Å². The Bertz CT molecular complexity index is 1000. The Labute approximate surface area is 157 Å². The summed E-state index contributed by atoms with van der Waals surface area (Å²) < 4.78 is 1.41. The highest BCUT2D eigenvalue weighted by atomic mass is 35.5. The van der Waals surface area contributed by atoms with E-state index in [-0.39, 0.29) is 10.7 Å². The van der Waals surface area contributed by atoms with E-state index in [1.165, 1.54) is 16.9 Å². The summed E-state index contributed by atoms with van der Waals surface area (Å²) in [6, 6.07) is 12.9. The zero-order valence-corrected chi connectivity index (χ0v) is 14.8. The van der Waals surface area contributed by atoms with Crippen molar-refractivity contribution in [2.45, 2.75) is 0 Å². The molecule has 1 heterocycles. The van der Waals surface area contributed by atoms with E-state index in [0.29, 0.717) is 21.4 Å². The fourth-order valence-corrected chi connectivity index (χ4v) is 2.56. The lowest BCUT2D eigenvalue weighted by Gasteiger charge is -2.09. The molecule has 3 rings (SSSR count). The predicted molar refractivity (Wildman–Crippen MR) is 99.3 cm³/mol. The first-order valence-corrected chi connectivity index (χ1v) is 8.20. The second-order valence-electron chi connectivity index (χ2n) is 5.01. The maximum Gasteiger partial charge on any atom is 0.280 e. The zero-order valence-electron chi connectivity index (χ0n) is 12.5. The number of anilines is 1. The van der Waals surface area contributed by atoms with Gasteiger partial charge in [0.1, 0.15) is 0 Å². The van der Waals surface area contributed by atoms with Gasteiger partial charge in [-0.05, 0) is 36.4 Å². The van der Waals surface area contributed by atoms with Gasteiger partial charge in [-0.15, -0.1) is 0 Å². The average molecular weight is 395 g/mol. The molecule has 0 radical (unpaired) electrons. The molecule has 1 amide bonds. The van der Waals surface area contributed by atoms with E-state index >= 15 is 0 Å². The number of aromatic nitrogens is 2. The van der Waals surface area contributed by atoms with Crippen molar-refractivity contribution >= 4 is 46.4 Å². The lowest BCUT2D eigenvalue weighted by atomic mass is 10.3. The Morgan fingerprint density at radius 1 is 1.00 bits per heavy atom. The van der Waals surface area contributed by atoms with Gasteiger partial charge in [0, 0.05) is 17.3 Å². The van der Waals surface area contributed by atoms with E-state index in [4.69, 9.17) is 34.8 Å². The van der Waals surface area contributed by atoms with E-state index in [2.05, 4.69) is 10.4 Å². The number of carbonyl (C=O) groups excluding carboxylic acids is 1. The number of halogens is 3. The number of amides is 1. The van der Waals surface area contributed by atoms with Gasteiger partial charge in [-0.1, -0.05) is 40.9 Å². The minimum atomic E-state index is -0.683. The maximum absolute atomic E-state index is 12.4. The number of benzene rings is 2. The largest absolute Gasteiger partial charge is 0.319 e. The predicted octanol–water partition coefficient (Wildman–Crippen LogP) is 4.45. The Hall–Kier alpha value is -2.34. The summed E-state index contributed by atoms with van der Waals surface area (Å²) in [5.74, 6) is -0.683. The van der Waals surface area contributed by atoms with E-state index in [1.54, 1.807) is 42.5 Å². The Morgan fingerprint density at radius 2 is 1.72 bits per heavy atom. The quantitative estimate of drug-likeness (QED) is 0.714. The van der Waals surface area contributed by atoms with Crippen molar-refractivity contribution in [1.82, 2.24) is 9.78 Å². The fourth-order valence-electron chi connectivity index (χ4n) is 2.08. The van der Waals surface area contributed by atoms with Crippen molar-refractivity contribution in [3.8, 4) is 5.69 Å². The van der Waals surface area contributed by atoms with Gasteiger partial charge in [-0.2, -0.15) is 5.10 Å². The van der Waals surface area contributed by atoms with E-state index < -0.39 is 11.3 Å². The summed E-state index contributed by atoms with van der Waals surface area (Å²) in [6.07, 6.45) is 1.47. The first-order valence-electron chi connectivity index (χ1n) is 7.07. The van der Waals surface area contributed by atoms with Crippen molar-refractivity contribution in [1.29, 1.82) is 0 Å². The lowest BCUT2D eigenvalue weighted by Crippen LogP contribution is -2.25. The molecule has 0 aliphatic heterocycles. The van der Waals surface area contributed by atoms with Gasteiger partial charge in [-0.25, -0.2) is 4.68 Å².